The minimum Gasteiger partial charge on any atom is -0.373 e. The predicted molar refractivity (Wildman–Crippen MR) is 82.2 cm³/mol. The van der Waals surface area contributed by atoms with E-state index in [2.05, 4.69) is 54.8 Å². The van der Waals surface area contributed by atoms with Gasteiger partial charge in [-0.05, 0) is 42.5 Å². The van der Waals surface area contributed by atoms with Crippen LogP contribution in [-0.2, 0) is 4.74 Å². The first-order valence-corrected chi connectivity index (χ1v) is 7.32. The standard InChI is InChI=1S/C17H22N2O/c1-17(11-4-5-12-20-17)16(19-18)15-10-6-8-13-7-2-3-9-14(13)15/h2-3,6-10,16,19H,4-5,11-12,18H2,1H3. The van der Waals surface area contributed by atoms with Crippen LogP contribution in [0.1, 0.15) is 37.8 Å². The third-order valence-corrected chi connectivity index (χ3v) is 4.41. The van der Waals surface area contributed by atoms with E-state index in [-0.39, 0.29) is 11.6 Å². The maximum Gasteiger partial charge on any atom is 0.0861 e. The SMILES string of the molecule is CC1(C(NN)c2cccc3ccccc23)CCCCO1. The zero-order valence-electron chi connectivity index (χ0n) is 11.9. The molecule has 1 heterocycles. The zero-order chi connectivity index (χ0) is 14.0. The van der Waals surface area contributed by atoms with Crippen molar-refractivity contribution in [2.24, 2.45) is 5.84 Å². The average Bonchev–Trinajstić information content (AvgIpc) is 2.49. The molecule has 3 rings (SSSR count). The summed E-state index contributed by atoms with van der Waals surface area (Å²) in [5, 5.41) is 2.48. The van der Waals surface area contributed by atoms with Crippen LogP contribution in [0.15, 0.2) is 42.5 Å². The average molecular weight is 270 g/mol. The lowest BCUT2D eigenvalue weighted by atomic mass is 9.83. The maximum atomic E-state index is 6.08. The Morgan fingerprint density at radius 1 is 1.15 bits per heavy atom. The molecule has 1 aliphatic rings. The van der Waals surface area contributed by atoms with Gasteiger partial charge >= 0.3 is 0 Å². The van der Waals surface area contributed by atoms with Crippen LogP contribution in [0.3, 0.4) is 0 Å². The highest BCUT2D eigenvalue weighted by atomic mass is 16.5. The molecule has 0 bridgehead atoms. The van der Waals surface area contributed by atoms with Gasteiger partial charge < -0.3 is 4.74 Å². The van der Waals surface area contributed by atoms with Gasteiger partial charge in [0.1, 0.15) is 0 Å². The van der Waals surface area contributed by atoms with Crippen molar-refractivity contribution in [2.75, 3.05) is 6.61 Å². The van der Waals surface area contributed by atoms with Crippen molar-refractivity contribution in [1.82, 2.24) is 5.43 Å². The largest absolute Gasteiger partial charge is 0.373 e. The van der Waals surface area contributed by atoms with E-state index in [9.17, 15) is 0 Å². The summed E-state index contributed by atoms with van der Waals surface area (Å²) in [6.45, 7) is 2.98. The Bertz CT molecular complexity index is 585. The molecular formula is C17H22N2O. The molecule has 1 saturated heterocycles. The van der Waals surface area contributed by atoms with Crippen LogP contribution < -0.4 is 11.3 Å². The summed E-state index contributed by atoms with van der Waals surface area (Å²) >= 11 is 0. The van der Waals surface area contributed by atoms with Crippen molar-refractivity contribution in [2.45, 2.75) is 37.8 Å². The van der Waals surface area contributed by atoms with Gasteiger partial charge in [0, 0.05) is 6.61 Å². The third kappa shape index (κ3) is 2.33. The Morgan fingerprint density at radius 3 is 2.70 bits per heavy atom. The van der Waals surface area contributed by atoms with E-state index in [1.165, 1.54) is 22.8 Å². The second-order valence-electron chi connectivity index (χ2n) is 5.79. The lowest BCUT2D eigenvalue weighted by Gasteiger charge is -2.40. The van der Waals surface area contributed by atoms with Gasteiger partial charge in [0.2, 0.25) is 0 Å². The molecule has 0 aliphatic carbocycles. The number of hydrazine groups is 1. The summed E-state index contributed by atoms with van der Waals surface area (Å²) < 4.78 is 6.08. The van der Waals surface area contributed by atoms with Crippen molar-refractivity contribution in [3.8, 4) is 0 Å². The van der Waals surface area contributed by atoms with E-state index >= 15 is 0 Å². The molecular weight excluding hydrogens is 248 g/mol. The van der Waals surface area contributed by atoms with Gasteiger partial charge in [-0.1, -0.05) is 42.5 Å². The quantitative estimate of drug-likeness (QED) is 0.664. The lowest BCUT2D eigenvalue weighted by molar-refractivity contribution is -0.0896. The van der Waals surface area contributed by atoms with Crippen LogP contribution in [0.4, 0.5) is 0 Å². The molecule has 0 spiro atoms. The monoisotopic (exact) mass is 270 g/mol. The first kappa shape index (κ1) is 13.6. The molecule has 0 amide bonds. The summed E-state index contributed by atoms with van der Waals surface area (Å²) in [7, 11) is 0. The summed E-state index contributed by atoms with van der Waals surface area (Å²) in [4.78, 5) is 0. The number of ether oxygens (including phenoxy) is 1. The van der Waals surface area contributed by atoms with Crippen molar-refractivity contribution >= 4 is 10.8 Å². The number of fused-ring (bicyclic) bond motifs is 1. The molecule has 20 heavy (non-hydrogen) atoms. The van der Waals surface area contributed by atoms with Crippen molar-refractivity contribution in [3.05, 3.63) is 48.0 Å². The van der Waals surface area contributed by atoms with Crippen molar-refractivity contribution in [1.29, 1.82) is 0 Å². The molecule has 0 aromatic heterocycles. The molecule has 3 N–H and O–H groups in total. The van der Waals surface area contributed by atoms with Crippen molar-refractivity contribution in [3.63, 3.8) is 0 Å². The molecule has 106 valence electrons. The number of hydrogen-bond donors (Lipinski definition) is 2. The Kier molecular flexibility index (Phi) is 3.74. The van der Waals surface area contributed by atoms with E-state index < -0.39 is 0 Å². The fraction of sp³-hybridized carbons (Fsp3) is 0.412. The van der Waals surface area contributed by atoms with Gasteiger partial charge in [0.15, 0.2) is 0 Å². The maximum absolute atomic E-state index is 6.08. The zero-order valence-corrected chi connectivity index (χ0v) is 11.9. The second kappa shape index (κ2) is 5.52. The highest BCUT2D eigenvalue weighted by Crippen LogP contribution is 2.38. The lowest BCUT2D eigenvalue weighted by Crippen LogP contribution is -2.48. The predicted octanol–water partition coefficient (Wildman–Crippen LogP) is 3.30. The molecule has 2 atom stereocenters. The fourth-order valence-corrected chi connectivity index (χ4v) is 3.28. The summed E-state index contributed by atoms with van der Waals surface area (Å²) in [6.07, 6.45) is 3.37. The molecule has 2 unspecified atom stereocenters. The Morgan fingerprint density at radius 2 is 1.95 bits per heavy atom. The molecule has 1 aliphatic heterocycles. The molecule has 2 aromatic rings. The molecule has 2 aromatic carbocycles. The first-order valence-electron chi connectivity index (χ1n) is 7.32. The van der Waals surface area contributed by atoms with Crippen LogP contribution >= 0.6 is 0 Å². The van der Waals surface area contributed by atoms with Crippen LogP contribution in [0.5, 0.6) is 0 Å². The van der Waals surface area contributed by atoms with Gasteiger partial charge in [-0.3, -0.25) is 11.3 Å². The number of benzene rings is 2. The first-order chi connectivity index (χ1) is 9.74. The van der Waals surface area contributed by atoms with E-state index in [4.69, 9.17) is 10.6 Å². The minimum atomic E-state index is -0.239. The number of nitrogens with two attached hydrogens (primary N) is 1. The van der Waals surface area contributed by atoms with Crippen molar-refractivity contribution < 1.29 is 4.74 Å². The summed E-state index contributed by atoms with van der Waals surface area (Å²) in [6, 6.07) is 14.8. The summed E-state index contributed by atoms with van der Waals surface area (Å²) in [5.74, 6) is 5.88. The van der Waals surface area contributed by atoms with Gasteiger partial charge in [-0.25, -0.2) is 0 Å². The van der Waals surface area contributed by atoms with Gasteiger partial charge in [-0.15, -0.1) is 0 Å². The van der Waals surface area contributed by atoms with E-state index in [0.717, 1.165) is 19.4 Å². The molecule has 0 radical (unpaired) electrons. The fourth-order valence-electron chi connectivity index (χ4n) is 3.28. The smallest absolute Gasteiger partial charge is 0.0861 e. The Labute approximate surface area is 120 Å². The highest BCUT2D eigenvalue weighted by molar-refractivity contribution is 5.86. The Hall–Kier alpha value is -1.42. The van der Waals surface area contributed by atoms with Gasteiger partial charge in [0.05, 0.1) is 11.6 Å². The van der Waals surface area contributed by atoms with Crippen LogP contribution in [0.2, 0.25) is 0 Å². The molecule has 0 saturated carbocycles. The van der Waals surface area contributed by atoms with Crippen LogP contribution in [-0.4, -0.2) is 12.2 Å². The molecule has 3 heteroatoms. The Balaban J connectivity index is 2.07. The normalized spacial score (nSPS) is 24.7. The third-order valence-electron chi connectivity index (χ3n) is 4.41. The van der Waals surface area contributed by atoms with Gasteiger partial charge in [-0.2, -0.15) is 0 Å². The number of rotatable bonds is 3. The highest BCUT2D eigenvalue weighted by Gasteiger charge is 2.37. The number of hydrogen-bond acceptors (Lipinski definition) is 3. The molecule has 1 fully saturated rings. The second-order valence-corrected chi connectivity index (χ2v) is 5.79. The summed E-state index contributed by atoms with van der Waals surface area (Å²) in [5.41, 5.74) is 3.97. The van der Waals surface area contributed by atoms with Crippen LogP contribution in [0.25, 0.3) is 10.8 Å². The topological polar surface area (TPSA) is 47.3 Å². The van der Waals surface area contributed by atoms with E-state index in [1.54, 1.807) is 0 Å². The van der Waals surface area contributed by atoms with E-state index in [1.807, 2.05) is 0 Å². The molecule has 3 nitrogen and oxygen atoms in total. The number of nitrogens with one attached hydrogen (secondary N) is 1. The van der Waals surface area contributed by atoms with Gasteiger partial charge in [0.25, 0.3) is 0 Å². The minimum absolute atomic E-state index is 0.00824. The van der Waals surface area contributed by atoms with E-state index in [0.29, 0.717) is 0 Å². The van der Waals surface area contributed by atoms with Crippen LogP contribution in [0, 0.1) is 0 Å².